The Hall–Kier alpha value is -1.04. The van der Waals surface area contributed by atoms with Crippen LogP contribution in [0.3, 0.4) is 0 Å². The number of amides is 1. The quantitative estimate of drug-likeness (QED) is 0.691. The van der Waals surface area contributed by atoms with E-state index in [0.29, 0.717) is 11.8 Å². The van der Waals surface area contributed by atoms with Crippen LogP contribution in [0.15, 0.2) is 0 Å². The fourth-order valence-electron chi connectivity index (χ4n) is 2.87. The highest BCUT2D eigenvalue weighted by atomic mass is 16.2. The highest BCUT2D eigenvalue weighted by Gasteiger charge is 2.55. The number of nitriles is 1. The van der Waals surface area contributed by atoms with Gasteiger partial charge < -0.3 is 4.90 Å². The van der Waals surface area contributed by atoms with Crippen LogP contribution in [0.25, 0.3) is 0 Å². The number of carbonyl (C=O) groups is 1. The summed E-state index contributed by atoms with van der Waals surface area (Å²) in [7, 11) is 1.75. The lowest BCUT2D eigenvalue weighted by atomic mass is 10.0. The summed E-state index contributed by atoms with van der Waals surface area (Å²) in [6, 6.07) is 1.82. The molecule has 0 heterocycles. The number of fused-ring (bicyclic) bond motifs is 1. The average Bonchev–Trinajstić information content (AvgIpc) is 3.00. The molecule has 15 heavy (non-hydrogen) atoms. The van der Waals surface area contributed by atoms with Crippen LogP contribution in [0.4, 0.5) is 0 Å². The predicted molar refractivity (Wildman–Crippen MR) is 56.8 cm³/mol. The van der Waals surface area contributed by atoms with Crippen molar-refractivity contribution in [3.05, 3.63) is 0 Å². The van der Waals surface area contributed by atoms with Gasteiger partial charge in [-0.05, 0) is 31.6 Å². The maximum atomic E-state index is 12.0. The Kier molecular flexibility index (Phi) is 2.68. The Morgan fingerprint density at radius 3 is 2.40 bits per heavy atom. The monoisotopic (exact) mass is 206 g/mol. The molecule has 0 radical (unpaired) electrons. The summed E-state index contributed by atoms with van der Waals surface area (Å²) in [5.74, 6) is 1.72. The molecule has 0 aromatic rings. The molecule has 82 valence electrons. The molecule has 2 saturated carbocycles. The van der Waals surface area contributed by atoms with Crippen LogP contribution < -0.4 is 0 Å². The number of nitrogens with zero attached hydrogens (tertiary/aromatic N) is 2. The third-order valence-corrected chi connectivity index (χ3v) is 4.06. The van der Waals surface area contributed by atoms with E-state index in [-0.39, 0.29) is 17.9 Å². The lowest BCUT2D eigenvalue weighted by molar-refractivity contribution is -0.132. The first-order valence-electron chi connectivity index (χ1n) is 5.83. The molecule has 2 rings (SSSR count). The maximum Gasteiger partial charge on any atom is 0.227 e. The van der Waals surface area contributed by atoms with Gasteiger partial charge in [0, 0.05) is 13.0 Å². The van der Waals surface area contributed by atoms with Gasteiger partial charge in [-0.1, -0.05) is 12.8 Å². The van der Waals surface area contributed by atoms with Gasteiger partial charge in [0.1, 0.15) is 6.04 Å². The predicted octanol–water partition coefficient (Wildman–Crippen LogP) is 1.79. The molecular weight excluding hydrogens is 188 g/mol. The van der Waals surface area contributed by atoms with Crippen molar-refractivity contribution in [2.75, 3.05) is 7.05 Å². The van der Waals surface area contributed by atoms with Gasteiger partial charge in [-0.25, -0.2) is 0 Å². The average molecular weight is 206 g/mol. The summed E-state index contributed by atoms with van der Waals surface area (Å²) >= 11 is 0. The summed E-state index contributed by atoms with van der Waals surface area (Å²) in [4.78, 5) is 13.7. The molecule has 3 nitrogen and oxygen atoms in total. The zero-order valence-corrected chi connectivity index (χ0v) is 9.44. The van der Waals surface area contributed by atoms with Crippen LogP contribution in [-0.2, 0) is 4.79 Å². The van der Waals surface area contributed by atoms with Crippen LogP contribution >= 0.6 is 0 Å². The van der Waals surface area contributed by atoms with Gasteiger partial charge in [0.25, 0.3) is 0 Å². The molecule has 3 heteroatoms. The van der Waals surface area contributed by atoms with E-state index in [0.717, 1.165) is 0 Å². The third-order valence-electron chi connectivity index (χ3n) is 4.06. The molecule has 0 aliphatic heterocycles. The zero-order chi connectivity index (χ0) is 11.0. The normalized spacial score (nSPS) is 34.9. The summed E-state index contributed by atoms with van der Waals surface area (Å²) in [6.07, 6.45) is 5.00. The third kappa shape index (κ3) is 1.73. The van der Waals surface area contributed by atoms with Crippen LogP contribution in [0.2, 0.25) is 0 Å². The molecule has 3 atom stereocenters. The van der Waals surface area contributed by atoms with Crippen molar-refractivity contribution < 1.29 is 4.79 Å². The van der Waals surface area contributed by atoms with Gasteiger partial charge in [0.2, 0.25) is 5.91 Å². The molecule has 0 aromatic carbocycles. The molecule has 2 aliphatic rings. The largest absolute Gasteiger partial charge is 0.330 e. The SMILES string of the molecule is CC(C#N)N(C)C(=O)C1C2CCCCC21. The van der Waals surface area contributed by atoms with Crippen LogP contribution in [0.1, 0.15) is 32.6 Å². The Balaban J connectivity index is 1.95. The van der Waals surface area contributed by atoms with Crippen molar-refractivity contribution in [1.82, 2.24) is 4.90 Å². The van der Waals surface area contributed by atoms with Crippen molar-refractivity contribution in [3.8, 4) is 6.07 Å². The molecule has 2 aliphatic carbocycles. The van der Waals surface area contributed by atoms with E-state index in [1.54, 1.807) is 18.9 Å². The van der Waals surface area contributed by atoms with Crippen molar-refractivity contribution >= 4 is 5.91 Å². The van der Waals surface area contributed by atoms with Crippen LogP contribution in [0, 0.1) is 29.1 Å². The molecule has 0 spiro atoms. The zero-order valence-electron chi connectivity index (χ0n) is 9.44. The lowest BCUT2D eigenvalue weighted by Crippen LogP contribution is -2.35. The minimum absolute atomic E-state index is 0.195. The standard InChI is InChI=1S/C12H18N2O/c1-8(7-13)14(2)12(15)11-9-5-3-4-6-10(9)11/h8-11H,3-6H2,1-2H3. The molecule has 2 fully saturated rings. The second kappa shape index (κ2) is 3.84. The fourth-order valence-corrected chi connectivity index (χ4v) is 2.87. The molecule has 1 amide bonds. The summed E-state index contributed by atoms with van der Waals surface area (Å²) in [5, 5.41) is 8.77. The van der Waals surface area contributed by atoms with Gasteiger partial charge in [-0.15, -0.1) is 0 Å². The van der Waals surface area contributed by atoms with E-state index in [4.69, 9.17) is 5.26 Å². The topological polar surface area (TPSA) is 44.1 Å². The van der Waals surface area contributed by atoms with Crippen LogP contribution in [-0.4, -0.2) is 23.9 Å². The van der Waals surface area contributed by atoms with Gasteiger partial charge in [0.05, 0.1) is 6.07 Å². The highest BCUT2D eigenvalue weighted by molar-refractivity contribution is 5.82. The van der Waals surface area contributed by atoms with Crippen molar-refractivity contribution in [2.24, 2.45) is 17.8 Å². The van der Waals surface area contributed by atoms with E-state index in [2.05, 4.69) is 6.07 Å². The van der Waals surface area contributed by atoms with Gasteiger partial charge >= 0.3 is 0 Å². The first kappa shape index (κ1) is 10.5. The summed E-state index contributed by atoms with van der Waals surface area (Å²) < 4.78 is 0. The highest BCUT2D eigenvalue weighted by Crippen LogP contribution is 2.56. The van der Waals surface area contributed by atoms with E-state index < -0.39 is 0 Å². The van der Waals surface area contributed by atoms with Gasteiger partial charge in [0.15, 0.2) is 0 Å². The van der Waals surface area contributed by atoms with Crippen molar-refractivity contribution in [1.29, 1.82) is 5.26 Å². The Labute approximate surface area is 91.1 Å². The smallest absolute Gasteiger partial charge is 0.227 e. The fraction of sp³-hybridized carbons (Fsp3) is 0.833. The minimum atomic E-state index is -0.292. The second-order valence-corrected chi connectivity index (χ2v) is 4.89. The minimum Gasteiger partial charge on any atom is -0.330 e. The van der Waals surface area contributed by atoms with Gasteiger partial charge in [-0.3, -0.25) is 4.79 Å². The summed E-state index contributed by atoms with van der Waals surface area (Å²) in [5.41, 5.74) is 0. The van der Waals surface area contributed by atoms with Crippen molar-refractivity contribution in [3.63, 3.8) is 0 Å². The molecule has 0 aromatic heterocycles. The second-order valence-electron chi connectivity index (χ2n) is 4.89. The Morgan fingerprint density at radius 2 is 1.93 bits per heavy atom. The summed E-state index contributed by atoms with van der Waals surface area (Å²) in [6.45, 7) is 1.78. The van der Waals surface area contributed by atoms with Crippen molar-refractivity contribution in [2.45, 2.75) is 38.6 Å². The van der Waals surface area contributed by atoms with E-state index in [1.807, 2.05) is 0 Å². The first-order chi connectivity index (χ1) is 7.16. The van der Waals surface area contributed by atoms with E-state index in [1.165, 1.54) is 25.7 Å². The van der Waals surface area contributed by atoms with Gasteiger partial charge in [-0.2, -0.15) is 5.26 Å². The van der Waals surface area contributed by atoms with E-state index in [9.17, 15) is 4.79 Å². The molecule has 0 bridgehead atoms. The number of hydrogen-bond donors (Lipinski definition) is 0. The van der Waals surface area contributed by atoms with E-state index >= 15 is 0 Å². The number of rotatable bonds is 2. The lowest BCUT2D eigenvalue weighted by Gasteiger charge is -2.19. The Morgan fingerprint density at radius 1 is 1.40 bits per heavy atom. The number of hydrogen-bond acceptors (Lipinski definition) is 2. The molecule has 0 saturated heterocycles. The molecular formula is C12H18N2O. The van der Waals surface area contributed by atoms with Crippen LogP contribution in [0.5, 0.6) is 0 Å². The Bertz CT molecular complexity index is 295. The maximum absolute atomic E-state index is 12.0. The first-order valence-corrected chi connectivity index (χ1v) is 5.83. The number of carbonyl (C=O) groups excluding carboxylic acids is 1. The molecule has 3 unspecified atom stereocenters. The molecule has 0 N–H and O–H groups in total.